The number of hydrogen-bond donors (Lipinski definition) is 2. The molecule has 0 radical (unpaired) electrons. The zero-order valence-electron chi connectivity index (χ0n) is 9.38. The number of nitrogen functional groups attached to an aromatic ring is 2. The number of hydrogen-bond acceptors (Lipinski definition) is 7. The fourth-order valence-electron chi connectivity index (χ4n) is 1.27. The molecule has 2 aromatic rings. The molecule has 18 heavy (non-hydrogen) atoms. The van der Waals surface area contributed by atoms with Crippen LogP contribution < -0.4 is 11.5 Å². The molecule has 0 amide bonds. The Morgan fingerprint density at radius 2 is 1.78 bits per heavy atom. The second kappa shape index (κ2) is 5.83. The lowest BCUT2D eigenvalue weighted by atomic mass is 10.3. The fourth-order valence-corrected chi connectivity index (χ4v) is 2.21. The molecule has 0 bridgehead atoms. The van der Waals surface area contributed by atoms with Crippen LogP contribution in [0.3, 0.4) is 0 Å². The number of rotatable bonds is 4. The van der Waals surface area contributed by atoms with Gasteiger partial charge < -0.3 is 11.5 Å². The molecule has 0 aliphatic rings. The number of nitrogens with two attached hydrogens (primary N) is 2. The molecule has 0 saturated carbocycles. The van der Waals surface area contributed by atoms with Gasteiger partial charge in [-0.2, -0.15) is 15.0 Å². The molecule has 0 unspecified atom stereocenters. The van der Waals surface area contributed by atoms with E-state index in [1.54, 1.807) is 24.0 Å². The number of thioether (sulfide) groups is 1. The molecule has 0 atom stereocenters. The minimum atomic E-state index is 0.145. The SMILES string of the molecule is Nc1nc(N)nc(CSCc2ccc(Cl)nc2)n1. The summed E-state index contributed by atoms with van der Waals surface area (Å²) in [7, 11) is 0. The van der Waals surface area contributed by atoms with Gasteiger partial charge in [-0.15, -0.1) is 11.8 Å². The third kappa shape index (κ3) is 3.71. The summed E-state index contributed by atoms with van der Waals surface area (Å²) < 4.78 is 0. The lowest BCUT2D eigenvalue weighted by Crippen LogP contribution is -2.06. The van der Waals surface area contributed by atoms with Crippen LogP contribution in [0.1, 0.15) is 11.4 Å². The molecule has 0 aromatic carbocycles. The average Bonchev–Trinajstić information content (AvgIpc) is 2.30. The molecule has 2 heterocycles. The van der Waals surface area contributed by atoms with Crippen LogP contribution in [0.25, 0.3) is 0 Å². The summed E-state index contributed by atoms with van der Waals surface area (Å²) in [6.45, 7) is 0. The second-order valence-corrected chi connectivity index (χ2v) is 4.82. The molecular weight excluding hydrogens is 272 g/mol. The summed E-state index contributed by atoms with van der Waals surface area (Å²) in [4.78, 5) is 15.7. The van der Waals surface area contributed by atoms with Crippen LogP contribution in [0, 0.1) is 0 Å². The zero-order valence-corrected chi connectivity index (χ0v) is 10.9. The molecule has 0 saturated heterocycles. The van der Waals surface area contributed by atoms with Gasteiger partial charge in [0, 0.05) is 11.9 Å². The van der Waals surface area contributed by atoms with E-state index in [2.05, 4.69) is 19.9 Å². The summed E-state index contributed by atoms with van der Waals surface area (Å²) in [5, 5.41) is 0.488. The molecule has 0 fully saturated rings. The Morgan fingerprint density at radius 3 is 2.39 bits per heavy atom. The standard InChI is InChI=1S/C10H11ClN6S/c11-7-2-1-6(3-14-7)4-18-5-8-15-9(12)17-10(13)16-8/h1-3H,4-5H2,(H4,12,13,15,16,17). The highest BCUT2D eigenvalue weighted by atomic mass is 35.5. The summed E-state index contributed by atoms with van der Waals surface area (Å²) >= 11 is 7.34. The average molecular weight is 283 g/mol. The molecule has 94 valence electrons. The van der Waals surface area contributed by atoms with Crippen molar-refractivity contribution in [3.05, 3.63) is 34.9 Å². The van der Waals surface area contributed by atoms with E-state index in [1.165, 1.54) is 0 Å². The van der Waals surface area contributed by atoms with Crippen molar-refractivity contribution in [3.8, 4) is 0 Å². The van der Waals surface area contributed by atoms with Crippen LogP contribution in [0.2, 0.25) is 5.15 Å². The van der Waals surface area contributed by atoms with Gasteiger partial charge in [0.05, 0.1) is 5.75 Å². The van der Waals surface area contributed by atoms with Gasteiger partial charge in [0.15, 0.2) is 0 Å². The first kappa shape index (κ1) is 12.8. The van der Waals surface area contributed by atoms with E-state index >= 15 is 0 Å². The lowest BCUT2D eigenvalue weighted by Gasteiger charge is -2.02. The first-order chi connectivity index (χ1) is 8.63. The van der Waals surface area contributed by atoms with E-state index in [4.69, 9.17) is 23.1 Å². The number of pyridine rings is 1. The van der Waals surface area contributed by atoms with Crippen LogP contribution in [0.4, 0.5) is 11.9 Å². The molecular formula is C10H11ClN6S. The Labute approximate surface area is 113 Å². The fraction of sp³-hybridized carbons (Fsp3) is 0.200. The second-order valence-electron chi connectivity index (χ2n) is 3.45. The van der Waals surface area contributed by atoms with Crippen LogP contribution >= 0.6 is 23.4 Å². The van der Waals surface area contributed by atoms with Crippen LogP contribution in [0.5, 0.6) is 0 Å². The minimum Gasteiger partial charge on any atom is -0.368 e. The normalized spacial score (nSPS) is 10.5. The first-order valence-electron chi connectivity index (χ1n) is 5.07. The highest BCUT2D eigenvalue weighted by Crippen LogP contribution is 2.16. The summed E-state index contributed by atoms with van der Waals surface area (Å²) in [6.07, 6.45) is 1.74. The van der Waals surface area contributed by atoms with Crippen molar-refractivity contribution in [2.24, 2.45) is 0 Å². The molecule has 4 N–H and O–H groups in total. The Kier molecular flexibility index (Phi) is 4.16. The van der Waals surface area contributed by atoms with Gasteiger partial charge in [0.2, 0.25) is 11.9 Å². The topological polar surface area (TPSA) is 104 Å². The van der Waals surface area contributed by atoms with Crippen LogP contribution in [-0.2, 0) is 11.5 Å². The quantitative estimate of drug-likeness (QED) is 0.819. The highest BCUT2D eigenvalue weighted by molar-refractivity contribution is 7.97. The van der Waals surface area contributed by atoms with E-state index in [9.17, 15) is 0 Å². The Bertz CT molecular complexity index is 512. The first-order valence-corrected chi connectivity index (χ1v) is 6.61. The molecule has 6 nitrogen and oxygen atoms in total. The summed E-state index contributed by atoms with van der Waals surface area (Å²) in [5.74, 6) is 2.26. The molecule has 2 aromatic heterocycles. The number of nitrogens with zero attached hydrogens (tertiary/aromatic N) is 4. The minimum absolute atomic E-state index is 0.145. The maximum Gasteiger partial charge on any atom is 0.225 e. The molecule has 0 spiro atoms. The van der Waals surface area contributed by atoms with Crippen molar-refractivity contribution in [1.82, 2.24) is 19.9 Å². The van der Waals surface area contributed by atoms with E-state index in [0.717, 1.165) is 11.3 Å². The lowest BCUT2D eigenvalue weighted by molar-refractivity contribution is 0.987. The smallest absolute Gasteiger partial charge is 0.225 e. The predicted molar refractivity (Wildman–Crippen MR) is 72.9 cm³/mol. The van der Waals surface area contributed by atoms with Crippen LogP contribution in [0.15, 0.2) is 18.3 Å². The maximum atomic E-state index is 5.70. The summed E-state index contributed by atoms with van der Waals surface area (Å²) in [5.41, 5.74) is 12.0. The van der Waals surface area contributed by atoms with Crippen molar-refractivity contribution >= 4 is 35.3 Å². The molecule has 0 aliphatic heterocycles. The Morgan fingerprint density at radius 1 is 1.06 bits per heavy atom. The Balaban J connectivity index is 1.90. The van der Waals surface area contributed by atoms with Gasteiger partial charge in [0.25, 0.3) is 0 Å². The van der Waals surface area contributed by atoms with Gasteiger partial charge in [-0.3, -0.25) is 0 Å². The number of halogens is 1. The van der Waals surface area contributed by atoms with Crippen molar-refractivity contribution in [1.29, 1.82) is 0 Å². The van der Waals surface area contributed by atoms with Crippen molar-refractivity contribution in [2.45, 2.75) is 11.5 Å². The van der Waals surface area contributed by atoms with Crippen molar-refractivity contribution in [2.75, 3.05) is 11.5 Å². The summed E-state index contributed by atoms with van der Waals surface area (Å²) in [6, 6.07) is 3.69. The van der Waals surface area contributed by atoms with Gasteiger partial charge in [0.1, 0.15) is 11.0 Å². The third-order valence-corrected chi connectivity index (χ3v) is 3.23. The van der Waals surface area contributed by atoms with Gasteiger partial charge in [-0.05, 0) is 11.6 Å². The van der Waals surface area contributed by atoms with E-state index in [-0.39, 0.29) is 11.9 Å². The van der Waals surface area contributed by atoms with E-state index < -0.39 is 0 Å². The molecule has 8 heteroatoms. The van der Waals surface area contributed by atoms with Gasteiger partial charge in [-0.25, -0.2) is 4.98 Å². The third-order valence-electron chi connectivity index (χ3n) is 2.00. The van der Waals surface area contributed by atoms with Crippen molar-refractivity contribution < 1.29 is 0 Å². The van der Waals surface area contributed by atoms with Crippen molar-refractivity contribution in [3.63, 3.8) is 0 Å². The maximum absolute atomic E-state index is 5.70. The monoisotopic (exact) mass is 282 g/mol. The van der Waals surface area contributed by atoms with Gasteiger partial charge in [-0.1, -0.05) is 17.7 Å². The Hall–Kier alpha value is -1.60. The zero-order chi connectivity index (χ0) is 13.0. The highest BCUT2D eigenvalue weighted by Gasteiger charge is 2.02. The van der Waals surface area contributed by atoms with E-state index in [1.807, 2.05) is 6.07 Å². The van der Waals surface area contributed by atoms with Gasteiger partial charge >= 0.3 is 0 Å². The number of anilines is 2. The van der Waals surface area contributed by atoms with E-state index in [0.29, 0.717) is 16.7 Å². The number of aromatic nitrogens is 4. The van der Waals surface area contributed by atoms with Crippen LogP contribution in [-0.4, -0.2) is 19.9 Å². The molecule has 2 rings (SSSR count). The molecule has 0 aliphatic carbocycles. The predicted octanol–water partition coefficient (Wildman–Crippen LogP) is 1.52. The largest absolute Gasteiger partial charge is 0.368 e.